The molecule has 1 aromatic carbocycles. The van der Waals surface area contributed by atoms with Crippen LogP contribution < -0.4 is 11.1 Å². The molecular formula is C16H25N3O. The molecule has 0 unspecified atom stereocenters. The zero-order valence-electron chi connectivity index (χ0n) is 12.8. The summed E-state index contributed by atoms with van der Waals surface area (Å²) in [5.41, 5.74) is 10.4. The van der Waals surface area contributed by atoms with Crippen LogP contribution in [0.4, 0.5) is 5.69 Å². The van der Waals surface area contributed by atoms with E-state index in [1.54, 1.807) is 0 Å². The van der Waals surface area contributed by atoms with Crippen molar-refractivity contribution < 1.29 is 4.79 Å². The third kappa shape index (κ3) is 3.12. The zero-order chi connectivity index (χ0) is 14.7. The molecule has 4 nitrogen and oxygen atoms in total. The van der Waals surface area contributed by atoms with Crippen LogP contribution >= 0.6 is 0 Å². The van der Waals surface area contributed by atoms with Crippen molar-refractivity contribution in [1.82, 2.24) is 4.90 Å². The fourth-order valence-electron chi connectivity index (χ4n) is 2.84. The van der Waals surface area contributed by atoms with Gasteiger partial charge in [0.2, 0.25) is 5.91 Å². The predicted octanol–water partition coefficient (Wildman–Crippen LogP) is 2.22. The van der Waals surface area contributed by atoms with Gasteiger partial charge in [0.05, 0.1) is 0 Å². The van der Waals surface area contributed by atoms with Gasteiger partial charge in [-0.3, -0.25) is 4.79 Å². The van der Waals surface area contributed by atoms with Crippen LogP contribution in [0.5, 0.6) is 0 Å². The molecule has 20 heavy (non-hydrogen) atoms. The molecule has 1 saturated heterocycles. The van der Waals surface area contributed by atoms with E-state index in [1.165, 1.54) is 31.5 Å². The molecule has 0 aliphatic carbocycles. The molecule has 4 heteroatoms. The first-order valence-corrected chi connectivity index (χ1v) is 7.37. The van der Waals surface area contributed by atoms with Crippen molar-refractivity contribution in [1.29, 1.82) is 0 Å². The summed E-state index contributed by atoms with van der Waals surface area (Å²) in [6.45, 7) is 10.5. The molecular weight excluding hydrogens is 250 g/mol. The average molecular weight is 275 g/mol. The Morgan fingerprint density at radius 2 is 1.85 bits per heavy atom. The molecule has 1 amide bonds. The van der Waals surface area contributed by atoms with Gasteiger partial charge in [0.1, 0.15) is 0 Å². The lowest BCUT2D eigenvalue weighted by atomic mass is 9.96. The Hall–Kier alpha value is -1.55. The van der Waals surface area contributed by atoms with Gasteiger partial charge in [0, 0.05) is 24.3 Å². The minimum absolute atomic E-state index is 0.354. The van der Waals surface area contributed by atoms with E-state index in [-0.39, 0.29) is 5.91 Å². The predicted molar refractivity (Wildman–Crippen MR) is 83.3 cm³/mol. The first-order chi connectivity index (χ1) is 9.50. The third-order valence-electron chi connectivity index (χ3n) is 4.43. The number of nitrogens with two attached hydrogens (primary N) is 1. The first kappa shape index (κ1) is 14.9. The van der Waals surface area contributed by atoms with Gasteiger partial charge < -0.3 is 16.0 Å². The van der Waals surface area contributed by atoms with Crippen LogP contribution in [0.2, 0.25) is 0 Å². The van der Waals surface area contributed by atoms with Crippen LogP contribution in [0.25, 0.3) is 0 Å². The van der Waals surface area contributed by atoms with Gasteiger partial charge in [0.15, 0.2) is 0 Å². The molecule has 1 aliphatic heterocycles. The Morgan fingerprint density at radius 3 is 2.45 bits per heavy atom. The van der Waals surface area contributed by atoms with Gasteiger partial charge in [-0.2, -0.15) is 0 Å². The van der Waals surface area contributed by atoms with E-state index in [1.807, 2.05) is 19.9 Å². The summed E-state index contributed by atoms with van der Waals surface area (Å²) in [6, 6.07) is 1.89. The summed E-state index contributed by atoms with van der Waals surface area (Å²) < 4.78 is 0. The van der Waals surface area contributed by atoms with Crippen LogP contribution in [0, 0.1) is 20.8 Å². The maximum absolute atomic E-state index is 11.5. The molecule has 3 N–H and O–H groups in total. The van der Waals surface area contributed by atoms with Gasteiger partial charge in [0.25, 0.3) is 0 Å². The number of hydrogen-bond donors (Lipinski definition) is 2. The second kappa shape index (κ2) is 6.27. The molecule has 0 saturated carbocycles. The molecule has 1 aromatic rings. The maximum atomic E-state index is 11.5. The van der Waals surface area contributed by atoms with Crippen molar-refractivity contribution >= 4 is 11.6 Å². The zero-order valence-corrected chi connectivity index (χ0v) is 12.8. The van der Waals surface area contributed by atoms with Gasteiger partial charge >= 0.3 is 0 Å². The number of likely N-dealkylation sites (tertiary alicyclic amines) is 1. The van der Waals surface area contributed by atoms with Gasteiger partial charge in [-0.1, -0.05) is 0 Å². The van der Waals surface area contributed by atoms with E-state index in [4.69, 9.17) is 5.73 Å². The van der Waals surface area contributed by atoms with Crippen molar-refractivity contribution in [2.24, 2.45) is 5.73 Å². The minimum Gasteiger partial charge on any atom is -0.384 e. The Bertz CT molecular complexity index is 505. The van der Waals surface area contributed by atoms with E-state index in [9.17, 15) is 4.79 Å². The lowest BCUT2D eigenvalue weighted by Gasteiger charge is -2.19. The van der Waals surface area contributed by atoms with E-state index in [0.717, 1.165) is 29.9 Å². The molecule has 0 aromatic heterocycles. The maximum Gasteiger partial charge on any atom is 0.249 e. The summed E-state index contributed by atoms with van der Waals surface area (Å²) in [5, 5.41) is 3.45. The number of benzene rings is 1. The second-order valence-electron chi connectivity index (χ2n) is 5.69. The standard InChI is InChI=1S/C16H25N3O/c1-11-12(2)14(16(17)20)10-15(13(11)3)18-6-9-19-7-4-5-8-19/h10,18H,4-9H2,1-3H3,(H2,17,20). The number of primary amides is 1. The molecule has 1 heterocycles. The van der Waals surface area contributed by atoms with E-state index < -0.39 is 0 Å². The quantitative estimate of drug-likeness (QED) is 0.866. The highest BCUT2D eigenvalue weighted by molar-refractivity contribution is 5.96. The van der Waals surface area contributed by atoms with Gasteiger partial charge in [-0.15, -0.1) is 0 Å². The molecule has 0 radical (unpaired) electrons. The van der Waals surface area contributed by atoms with Crippen molar-refractivity contribution in [3.8, 4) is 0 Å². The lowest BCUT2D eigenvalue weighted by molar-refractivity contribution is 0.0999. The summed E-state index contributed by atoms with van der Waals surface area (Å²) in [6.07, 6.45) is 2.63. The van der Waals surface area contributed by atoms with Crippen LogP contribution in [-0.2, 0) is 0 Å². The SMILES string of the molecule is Cc1c(NCCN2CCCC2)cc(C(N)=O)c(C)c1C. The first-order valence-electron chi connectivity index (χ1n) is 7.37. The van der Waals surface area contributed by atoms with Crippen molar-refractivity contribution in [2.45, 2.75) is 33.6 Å². The largest absolute Gasteiger partial charge is 0.384 e. The van der Waals surface area contributed by atoms with Gasteiger partial charge in [-0.05, 0) is 69.5 Å². The highest BCUT2D eigenvalue weighted by Crippen LogP contribution is 2.25. The second-order valence-corrected chi connectivity index (χ2v) is 5.69. The fraction of sp³-hybridized carbons (Fsp3) is 0.562. The Kier molecular flexibility index (Phi) is 4.65. The summed E-state index contributed by atoms with van der Waals surface area (Å²) in [4.78, 5) is 14.0. The molecule has 1 fully saturated rings. The topological polar surface area (TPSA) is 58.4 Å². The highest BCUT2D eigenvalue weighted by Gasteiger charge is 2.14. The van der Waals surface area contributed by atoms with Crippen LogP contribution in [0.1, 0.15) is 39.9 Å². The fourth-order valence-corrected chi connectivity index (χ4v) is 2.84. The van der Waals surface area contributed by atoms with Crippen molar-refractivity contribution in [2.75, 3.05) is 31.5 Å². The normalized spacial score (nSPS) is 15.6. The Labute approximate surface area is 121 Å². The van der Waals surface area contributed by atoms with Crippen LogP contribution in [-0.4, -0.2) is 37.0 Å². The number of nitrogens with zero attached hydrogens (tertiary/aromatic N) is 1. The lowest BCUT2D eigenvalue weighted by Crippen LogP contribution is -2.26. The summed E-state index contributed by atoms with van der Waals surface area (Å²) >= 11 is 0. The number of nitrogens with one attached hydrogen (secondary N) is 1. The molecule has 0 atom stereocenters. The number of amides is 1. The number of carbonyl (C=O) groups excluding carboxylic acids is 1. The number of anilines is 1. The monoisotopic (exact) mass is 275 g/mol. The molecule has 2 rings (SSSR count). The Balaban J connectivity index is 2.08. The minimum atomic E-state index is -0.354. The average Bonchev–Trinajstić information content (AvgIpc) is 2.91. The molecule has 110 valence electrons. The van der Waals surface area contributed by atoms with Crippen molar-refractivity contribution in [3.63, 3.8) is 0 Å². The Morgan fingerprint density at radius 1 is 1.20 bits per heavy atom. The van der Waals surface area contributed by atoms with Crippen LogP contribution in [0.3, 0.4) is 0 Å². The van der Waals surface area contributed by atoms with E-state index >= 15 is 0 Å². The molecule has 1 aliphatic rings. The summed E-state index contributed by atoms with van der Waals surface area (Å²) in [5.74, 6) is -0.354. The number of rotatable bonds is 5. The van der Waals surface area contributed by atoms with Gasteiger partial charge in [-0.25, -0.2) is 0 Å². The van der Waals surface area contributed by atoms with E-state index in [0.29, 0.717) is 5.56 Å². The third-order valence-corrected chi connectivity index (χ3v) is 4.43. The smallest absolute Gasteiger partial charge is 0.249 e. The number of carbonyl (C=O) groups is 1. The van der Waals surface area contributed by atoms with Crippen molar-refractivity contribution in [3.05, 3.63) is 28.3 Å². The number of hydrogen-bond acceptors (Lipinski definition) is 3. The van der Waals surface area contributed by atoms with Crippen LogP contribution in [0.15, 0.2) is 6.07 Å². The summed E-state index contributed by atoms with van der Waals surface area (Å²) in [7, 11) is 0. The highest BCUT2D eigenvalue weighted by atomic mass is 16.1. The molecule has 0 bridgehead atoms. The molecule has 0 spiro atoms. The van der Waals surface area contributed by atoms with E-state index in [2.05, 4.69) is 17.1 Å².